The number of carbonyl (C=O) groups is 1. The molecule has 0 aliphatic heterocycles. The Balaban J connectivity index is 2.10. The summed E-state index contributed by atoms with van der Waals surface area (Å²) in [7, 11) is 1.59. The normalized spacial score (nSPS) is 11.4. The highest BCUT2D eigenvalue weighted by Gasteiger charge is 2.19. The van der Waals surface area contributed by atoms with Gasteiger partial charge < -0.3 is 10.1 Å². The van der Waals surface area contributed by atoms with E-state index in [1.165, 1.54) is 0 Å². The molecule has 0 aromatic heterocycles. The summed E-state index contributed by atoms with van der Waals surface area (Å²) in [6, 6.07) is 15.3. The molecule has 0 saturated heterocycles. The highest BCUT2D eigenvalue weighted by atomic mass is 16.5. The van der Waals surface area contributed by atoms with Gasteiger partial charge in [0, 0.05) is 5.69 Å². The molecule has 0 unspecified atom stereocenters. The number of amides is 1. The summed E-state index contributed by atoms with van der Waals surface area (Å²) in [6.45, 7) is 3.95. The van der Waals surface area contributed by atoms with E-state index in [1.54, 1.807) is 7.11 Å². The number of ether oxygens (including phenoxy) is 1. The molecule has 118 valence electrons. The van der Waals surface area contributed by atoms with Crippen molar-refractivity contribution in [2.24, 2.45) is 5.92 Å². The number of nitrogens with one attached hydrogen (secondary N) is 1. The van der Waals surface area contributed by atoms with Gasteiger partial charge in [-0.1, -0.05) is 18.2 Å². The van der Waals surface area contributed by atoms with Crippen LogP contribution in [0.5, 0.6) is 5.75 Å². The monoisotopic (exact) mass is 308 g/mol. The summed E-state index contributed by atoms with van der Waals surface area (Å²) in [5.74, 6) is -0.322. The van der Waals surface area contributed by atoms with E-state index in [9.17, 15) is 10.1 Å². The van der Waals surface area contributed by atoms with E-state index in [2.05, 4.69) is 11.4 Å². The van der Waals surface area contributed by atoms with Gasteiger partial charge in [0.2, 0.25) is 5.91 Å². The molecule has 2 aromatic carbocycles. The number of methoxy groups -OCH3 is 1. The number of nitriles is 1. The number of benzene rings is 2. The van der Waals surface area contributed by atoms with E-state index in [1.807, 2.05) is 56.3 Å². The lowest BCUT2D eigenvalue weighted by molar-refractivity contribution is -0.118. The van der Waals surface area contributed by atoms with Crippen LogP contribution in [0, 0.1) is 31.1 Å². The molecule has 0 bridgehead atoms. The molecule has 1 atom stereocenters. The highest BCUT2D eigenvalue weighted by Crippen LogP contribution is 2.18. The Morgan fingerprint density at radius 2 is 1.91 bits per heavy atom. The second-order valence-electron chi connectivity index (χ2n) is 5.60. The quantitative estimate of drug-likeness (QED) is 0.917. The van der Waals surface area contributed by atoms with Gasteiger partial charge >= 0.3 is 0 Å². The largest absolute Gasteiger partial charge is 0.497 e. The van der Waals surface area contributed by atoms with Crippen LogP contribution in [0.1, 0.15) is 16.7 Å². The van der Waals surface area contributed by atoms with Gasteiger partial charge in [-0.25, -0.2) is 0 Å². The Labute approximate surface area is 136 Å². The molecule has 0 aliphatic carbocycles. The van der Waals surface area contributed by atoms with Crippen LogP contribution in [0.3, 0.4) is 0 Å². The van der Waals surface area contributed by atoms with Crippen molar-refractivity contribution in [3.8, 4) is 11.8 Å². The zero-order valence-corrected chi connectivity index (χ0v) is 13.6. The van der Waals surface area contributed by atoms with E-state index in [0.29, 0.717) is 12.2 Å². The number of carbonyl (C=O) groups excluding carboxylic acids is 1. The fourth-order valence-corrected chi connectivity index (χ4v) is 2.51. The molecular formula is C19H20N2O2. The van der Waals surface area contributed by atoms with Gasteiger partial charge in [-0.2, -0.15) is 5.26 Å². The number of hydrogen-bond donors (Lipinski definition) is 1. The van der Waals surface area contributed by atoms with Crippen LogP contribution in [0.25, 0.3) is 0 Å². The van der Waals surface area contributed by atoms with E-state index in [-0.39, 0.29) is 5.91 Å². The molecule has 23 heavy (non-hydrogen) atoms. The van der Waals surface area contributed by atoms with Crippen LogP contribution >= 0.6 is 0 Å². The molecule has 2 rings (SSSR count). The van der Waals surface area contributed by atoms with Gasteiger partial charge in [0.05, 0.1) is 13.2 Å². The second-order valence-corrected chi connectivity index (χ2v) is 5.60. The van der Waals surface area contributed by atoms with Gasteiger partial charge in [0.15, 0.2) is 0 Å². The maximum Gasteiger partial charge on any atom is 0.242 e. The third-order valence-corrected chi connectivity index (χ3v) is 3.54. The Bertz CT molecular complexity index is 727. The minimum absolute atomic E-state index is 0.291. The maximum atomic E-state index is 12.4. The van der Waals surface area contributed by atoms with Crippen molar-refractivity contribution in [3.05, 3.63) is 59.2 Å². The summed E-state index contributed by atoms with van der Waals surface area (Å²) < 4.78 is 5.17. The fraction of sp³-hybridized carbons (Fsp3) is 0.263. The molecule has 1 amide bonds. The number of nitrogens with zero attached hydrogens (tertiary/aromatic N) is 1. The number of anilines is 1. The molecule has 0 fully saturated rings. The highest BCUT2D eigenvalue weighted by molar-refractivity contribution is 5.94. The maximum absolute atomic E-state index is 12.4. The van der Waals surface area contributed by atoms with Crippen molar-refractivity contribution >= 4 is 11.6 Å². The average Bonchev–Trinajstić information content (AvgIpc) is 2.51. The number of rotatable bonds is 5. The number of aryl methyl sites for hydroxylation is 2. The summed E-state index contributed by atoms with van der Waals surface area (Å²) in [4.78, 5) is 12.4. The molecule has 0 spiro atoms. The van der Waals surface area contributed by atoms with Gasteiger partial charge in [0.25, 0.3) is 0 Å². The molecule has 4 nitrogen and oxygen atoms in total. The van der Waals surface area contributed by atoms with Crippen molar-refractivity contribution < 1.29 is 9.53 Å². The molecule has 0 aliphatic rings. The van der Waals surface area contributed by atoms with Crippen molar-refractivity contribution in [2.75, 3.05) is 12.4 Å². The van der Waals surface area contributed by atoms with Crippen LogP contribution in [0.2, 0.25) is 0 Å². The van der Waals surface area contributed by atoms with Crippen LogP contribution in [-0.2, 0) is 11.2 Å². The van der Waals surface area contributed by atoms with Gasteiger partial charge in [-0.15, -0.1) is 0 Å². The zero-order chi connectivity index (χ0) is 16.8. The predicted octanol–water partition coefficient (Wildman–Crippen LogP) is 3.63. The van der Waals surface area contributed by atoms with Crippen LogP contribution in [0.4, 0.5) is 5.69 Å². The van der Waals surface area contributed by atoms with Gasteiger partial charge in [-0.05, 0) is 61.2 Å². The first-order valence-electron chi connectivity index (χ1n) is 7.43. The molecular weight excluding hydrogens is 288 g/mol. The molecule has 0 heterocycles. The van der Waals surface area contributed by atoms with E-state index >= 15 is 0 Å². The fourth-order valence-electron chi connectivity index (χ4n) is 2.51. The molecule has 1 N–H and O–H groups in total. The van der Waals surface area contributed by atoms with E-state index < -0.39 is 5.92 Å². The standard InChI is InChI=1S/C19H20N2O2/c1-13-7-14(2)9-17(8-13)21-19(22)16(12-20)10-15-5-4-6-18(11-15)23-3/h4-9,11,16H,10H2,1-3H3,(H,21,22)/t16-/m0/s1. The zero-order valence-electron chi connectivity index (χ0n) is 13.6. The first kappa shape index (κ1) is 16.6. The lowest BCUT2D eigenvalue weighted by atomic mass is 9.99. The van der Waals surface area contributed by atoms with Crippen molar-refractivity contribution in [1.82, 2.24) is 0 Å². The summed E-state index contributed by atoms with van der Waals surface area (Å²) in [5.41, 5.74) is 3.76. The van der Waals surface area contributed by atoms with Gasteiger partial charge in [0.1, 0.15) is 11.7 Å². The average molecular weight is 308 g/mol. The molecule has 0 radical (unpaired) electrons. The van der Waals surface area contributed by atoms with Crippen LogP contribution in [0.15, 0.2) is 42.5 Å². The first-order valence-corrected chi connectivity index (χ1v) is 7.43. The lowest BCUT2D eigenvalue weighted by Crippen LogP contribution is -2.23. The molecule has 2 aromatic rings. The minimum atomic E-state index is -0.747. The first-order chi connectivity index (χ1) is 11.0. The van der Waals surface area contributed by atoms with Crippen LogP contribution < -0.4 is 10.1 Å². The number of hydrogen-bond acceptors (Lipinski definition) is 3. The van der Waals surface area contributed by atoms with Crippen molar-refractivity contribution in [3.63, 3.8) is 0 Å². The Morgan fingerprint density at radius 3 is 2.52 bits per heavy atom. The third-order valence-electron chi connectivity index (χ3n) is 3.54. The summed E-state index contributed by atoms with van der Waals surface area (Å²) in [6.07, 6.45) is 0.352. The SMILES string of the molecule is COc1cccc(C[C@@H](C#N)C(=O)Nc2cc(C)cc(C)c2)c1. The Hall–Kier alpha value is -2.80. The van der Waals surface area contributed by atoms with Crippen LogP contribution in [-0.4, -0.2) is 13.0 Å². The molecule has 0 saturated carbocycles. The smallest absolute Gasteiger partial charge is 0.242 e. The minimum Gasteiger partial charge on any atom is -0.497 e. The summed E-state index contributed by atoms with van der Waals surface area (Å²) in [5, 5.41) is 12.2. The summed E-state index contributed by atoms with van der Waals surface area (Å²) >= 11 is 0. The van der Waals surface area contributed by atoms with E-state index in [0.717, 1.165) is 22.4 Å². The topological polar surface area (TPSA) is 62.1 Å². The van der Waals surface area contributed by atoms with E-state index in [4.69, 9.17) is 4.74 Å². The Morgan fingerprint density at radius 1 is 1.22 bits per heavy atom. The van der Waals surface area contributed by atoms with Gasteiger partial charge in [-0.3, -0.25) is 4.79 Å². The lowest BCUT2D eigenvalue weighted by Gasteiger charge is -2.12. The van der Waals surface area contributed by atoms with Crippen molar-refractivity contribution in [1.29, 1.82) is 5.26 Å². The third kappa shape index (κ3) is 4.58. The van der Waals surface area contributed by atoms with Crippen molar-refractivity contribution in [2.45, 2.75) is 20.3 Å². The predicted molar refractivity (Wildman–Crippen MR) is 90.3 cm³/mol. The Kier molecular flexibility index (Phi) is 5.37. The second kappa shape index (κ2) is 7.46. The molecule has 4 heteroatoms.